The van der Waals surface area contributed by atoms with Crippen LogP contribution >= 0.6 is 0 Å². The molecule has 0 saturated heterocycles. The first kappa shape index (κ1) is 30.9. The zero-order valence-corrected chi connectivity index (χ0v) is 30.6. The van der Waals surface area contributed by atoms with Gasteiger partial charge in [0.2, 0.25) is 0 Å². The van der Waals surface area contributed by atoms with Crippen molar-refractivity contribution in [3.63, 3.8) is 0 Å². The molecule has 256 valence electrons. The van der Waals surface area contributed by atoms with E-state index in [0.717, 1.165) is 5.69 Å². The van der Waals surface area contributed by atoms with Crippen LogP contribution in [0.3, 0.4) is 0 Å². The van der Waals surface area contributed by atoms with Gasteiger partial charge in [-0.15, -0.1) is 0 Å². The number of benzene rings is 7. The Morgan fingerprint density at radius 2 is 0.868 bits per heavy atom. The molecule has 1 atom stereocenters. The maximum absolute atomic E-state index is 2.62. The van der Waals surface area contributed by atoms with Gasteiger partial charge in [0.15, 0.2) is 0 Å². The summed E-state index contributed by atoms with van der Waals surface area (Å²) < 4.78 is 0. The largest absolute Gasteiger partial charge is 0.310 e. The SMILES string of the molecule is CC1(C)c2ccccc2-c2ccc(N(c3ccccc3)c3ccc4c(c3)C3(c5ccccc5-c5ccc(C6CCCCC6)cc53)c3ccccc3-4)cc21. The van der Waals surface area contributed by atoms with E-state index >= 15 is 0 Å². The fourth-order valence-corrected chi connectivity index (χ4v) is 10.8. The van der Waals surface area contributed by atoms with Gasteiger partial charge in [-0.1, -0.05) is 154 Å². The minimum absolute atomic E-state index is 0.0821. The average Bonchev–Trinajstić information content (AvgIpc) is 3.77. The van der Waals surface area contributed by atoms with Gasteiger partial charge in [0, 0.05) is 22.5 Å². The molecule has 1 saturated carbocycles. The Hall–Kier alpha value is -5.66. The molecule has 1 heteroatoms. The first-order valence-corrected chi connectivity index (χ1v) is 19.6. The molecule has 0 amide bonds. The lowest BCUT2D eigenvalue weighted by molar-refractivity contribution is 0.443. The van der Waals surface area contributed by atoms with Crippen molar-refractivity contribution >= 4 is 17.1 Å². The number of nitrogens with zero attached hydrogens (tertiary/aromatic N) is 1. The molecule has 1 spiro atoms. The molecule has 11 rings (SSSR count). The molecule has 1 nitrogen and oxygen atoms in total. The zero-order valence-electron chi connectivity index (χ0n) is 30.6. The van der Waals surface area contributed by atoms with Crippen LogP contribution < -0.4 is 4.90 Å². The molecule has 0 aliphatic heterocycles. The summed E-state index contributed by atoms with van der Waals surface area (Å²) in [7, 11) is 0. The van der Waals surface area contributed by atoms with Gasteiger partial charge < -0.3 is 4.90 Å². The molecule has 7 aromatic rings. The first-order valence-electron chi connectivity index (χ1n) is 19.6. The molecule has 0 N–H and O–H groups in total. The lowest BCUT2D eigenvalue weighted by Gasteiger charge is -2.33. The van der Waals surface area contributed by atoms with E-state index in [1.54, 1.807) is 0 Å². The van der Waals surface area contributed by atoms with E-state index in [0.29, 0.717) is 5.92 Å². The van der Waals surface area contributed by atoms with Crippen molar-refractivity contribution in [3.8, 4) is 33.4 Å². The molecule has 7 aromatic carbocycles. The summed E-state index contributed by atoms with van der Waals surface area (Å²) in [5.41, 5.74) is 21.2. The third kappa shape index (κ3) is 4.25. The molecule has 0 bridgehead atoms. The van der Waals surface area contributed by atoms with Crippen molar-refractivity contribution in [2.75, 3.05) is 4.90 Å². The molecule has 53 heavy (non-hydrogen) atoms. The van der Waals surface area contributed by atoms with Crippen LogP contribution in [-0.4, -0.2) is 0 Å². The van der Waals surface area contributed by atoms with Crippen molar-refractivity contribution in [2.24, 2.45) is 0 Å². The second-order valence-corrected chi connectivity index (χ2v) is 16.3. The predicted molar refractivity (Wildman–Crippen MR) is 221 cm³/mol. The Morgan fingerprint density at radius 3 is 1.51 bits per heavy atom. The van der Waals surface area contributed by atoms with Crippen LogP contribution in [-0.2, 0) is 10.8 Å². The Morgan fingerprint density at radius 1 is 0.396 bits per heavy atom. The standard InChI is InChI=1S/C52H43N/c1-51(2)45-22-12-9-19-39(45)42-29-26-37(32-48(42)51)53(36-17-7-4-8-18-36)38-27-30-44-41-21-11-14-24-47(41)52(50(44)33-38)46-23-13-10-20-40(46)43-28-25-35(31-49(43)52)34-15-5-3-6-16-34/h4,7-14,17-34H,3,5-6,15-16H2,1-2H3. The third-order valence-corrected chi connectivity index (χ3v) is 13.3. The molecule has 0 aromatic heterocycles. The minimum Gasteiger partial charge on any atom is -0.310 e. The Kier molecular flexibility index (Phi) is 6.66. The molecule has 0 heterocycles. The summed E-state index contributed by atoms with van der Waals surface area (Å²) in [6, 6.07) is 60.3. The Balaban J connectivity index is 1.15. The average molecular weight is 682 g/mol. The third-order valence-electron chi connectivity index (χ3n) is 13.3. The molecular weight excluding hydrogens is 639 g/mol. The molecule has 1 unspecified atom stereocenters. The van der Waals surface area contributed by atoms with Crippen LogP contribution in [0.5, 0.6) is 0 Å². The van der Waals surface area contributed by atoms with Crippen LogP contribution in [0.2, 0.25) is 0 Å². The quantitative estimate of drug-likeness (QED) is 0.179. The highest BCUT2D eigenvalue weighted by atomic mass is 15.1. The first-order chi connectivity index (χ1) is 26.0. The van der Waals surface area contributed by atoms with Crippen molar-refractivity contribution in [1.29, 1.82) is 0 Å². The lowest BCUT2D eigenvalue weighted by atomic mass is 9.69. The second-order valence-electron chi connectivity index (χ2n) is 16.3. The number of hydrogen-bond acceptors (Lipinski definition) is 1. The minimum atomic E-state index is -0.386. The second kappa shape index (κ2) is 11.4. The van der Waals surface area contributed by atoms with Crippen molar-refractivity contribution in [2.45, 2.75) is 62.7 Å². The van der Waals surface area contributed by atoms with Crippen molar-refractivity contribution in [1.82, 2.24) is 0 Å². The normalized spacial score (nSPS) is 18.5. The van der Waals surface area contributed by atoms with Crippen LogP contribution in [0.25, 0.3) is 33.4 Å². The van der Waals surface area contributed by atoms with Gasteiger partial charge in [-0.05, 0) is 127 Å². The van der Waals surface area contributed by atoms with E-state index < -0.39 is 0 Å². The van der Waals surface area contributed by atoms with Gasteiger partial charge in [-0.2, -0.15) is 0 Å². The van der Waals surface area contributed by atoms with Gasteiger partial charge in [-0.3, -0.25) is 0 Å². The van der Waals surface area contributed by atoms with Crippen LogP contribution in [0.15, 0.2) is 158 Å². The van der Waals surface area contributed by atoms with E-state index in [1.807, 2.05) is 0 Å². The molecule has 4 aliphatic rings. The number of hydrogen-bond donors (Lipinski definition) is 0. The Labute approximate surface area is 313 Å². The van der Waals surface area contributed by atoms with Gasteiger partial charge in [0.25, 0.3) is 0 Å². The molecule has 0 radical (unpaired) electrons. The molecule has 1 fully saturated rings. The maximum atomic E-state index is 2.62. The summed E-state index contributed by atoms with van der Waals surface area (Å²) in [5, 5.41) is 0. The summed E-state index contributed by atoms with van der Waals surface area (Å²) in [6.45, 7) is 4.75. The van der Waals surface area contributed by atoms with Crippen molar-refractivity contribution in [3.05, 3.63) is 197 Å². The van der Waals surface area contributed by atoms with E-state index in [-0.39, 0.29) is 10.8 Å². The van der Waals surface area contributed by atoms with Crippen molar-refractivity contribution < 1.29 is 0 Å². The van der Waals surface area contributed by atoms with E-state index in [2.05, 4.69) is 176 Å². The molecular formula is C52H43N. The fraction of sp³-hybridized carbons (Fsp3) is 0.192. The van der Waals surface area contributed by atoms with Gasteiger partial charge in [-0.25, -0.2) is 0 Å². The topological polar surface area (TPSA) is 3.24 Å². The smallest absolute Gasteiger partial charge is 0.0726 e. The Bertz CT molecular complexity index is 2570. The summed E-state index contributed by atoms with van der Waals surface area (Å²) in [5.74, 6) is 0.640. The lowest BCUT2D eigenvalue weighted by Crippen LogP contribution is -2.26. The number of fused-ring (bicyclic) bond motifs is 13. The highest BCUT2D eigenvalue weighted by Crippen LogP contribution is 2.64. The summed E-state index contributed by atoms with van der Waals surface area (Å²) >= 11 is 0. The highest BCUT2D eigenvalue weighted by Gasteiger charge is 2.52. The van der Waals surface area contributed by atoms with E-state index in [1.165, 1.54) is 116 Å². The number of rotatable bonds is 4. The highest BCUT2D eigenvalue weighted by molar-refractivity contribution is 5.96. The van der Waals surface area contributed by atoms with E-state index in [4.69, 9.17) is 0 Å². The van der Waals surface area contributed by atoms with Gasteiger partial charge in [0.05, 0.1) is 5.41 Å². The maximum Gasteiger partial charge on any atom is 0.0726 e. The monoisotopic (exact) mass is 681 g/mol. The van der Waals surface area contributed by atoms with Crippen LogP contribution in [0.1, 0.15) is 90.8 Å². The number of para-hydroxylation sites is 1. The molecule has 4 aliphatic carbocycles. The zero-order chi connectivity index (χ0) is 35.3. The number of anilines is 3. The van der Waals surface area contributed by atoms with E-state index in [9.17, 15) is 0 Å². The van der Waals surface area contributed by atoms with Gasteiger partial charge >= 0.3 is 0 Å². The fourth-order valence-electron chi connectivity index (χ4n) is 10.8. The summed E-state index contributed by atoms with van der Waals surface area (Å²) in [4.78, 5) is 2.48. The van der Waals surface area contributed by atoms with Crippen LogP contribution in [0, 0.1) is 0 Å². The summed E-state index contributed by atoms with van der Waals surface area (Å²) in [6.07, 6.45) is 6.63. The predicted octanol–water partition coefficient (Wildman–Crippen LogP) is 13.9. The van der Waals surface area contributed by atoms with Gasteiger partial charge in [0.1, 0.15) is 0 Å². The van der Waals surface area contributed by atoms with Crippen LogP contribution in [0.4, 0.5) is 17.1 Å².